The second-order valence-corrected chi connectivity index (χ2v) is 2.54. The maximum Gasteiger partial charge on any atom is 3.00 e. The molecule has 1 aliphatic rings. The van der Waals surface area contributed by atoms with Crippen molar-refractivity contribution in [3.63, 3.8) is 0 Å². The molecule has 0 nitrogen and oxygen atoms in total. The Balaban J connectivity index is 0.000000250. The van der Waals surface area contributed by atoms with Crippen molar-refractivity contribution in [1.29, 1.82) is 0 Å². The van der Waals surface area contributed by atoms with E-state index in [2.05, 4.69) is 11.8 Å². The Hall–Kier alpha value is 0.882. The summed E-state index contributed by atoms with van der Waals surface area (Å²) in [5.41, 5.74) is 0. The molecule has 0 spiro atoms. The van der Waals surface area contributed by atoms with Crippen LogP contribution < -0.4 is 0 Å². The van der Waals surface area contributed by atoms with E-state index in [9.17, 15) is 0 Å². The third-order valence-electron chi connectivity index (χ3n) is 0.827. The van der Waals surface area contributed by atoms with Gasteiger partial charge in [-0.25, -0.2) is 0 Å². The Morgan fingerprint density at radius 1 is 1.00 bits per heavy atom. The molecule has 6 heavy (non-hydrogen) atoms. The largest absolute Gasteiger partial charge is 3.00 e. The summed E-state index contributed by atoms with van der Waals surface area (Å²) < 4.78 is 0. The molecule has 1 radical (unpaired) electrons. The summed E-state index contributed by atoms with van der Waals surface area (Å²) in [6.07, 6.45) is 2.93. The van der Waals surface area contributed by atoms with Crippen molar-refractivity contribution < 1.29 is 17.4 Å². The molecular formula is C4H8CrS+3. The van der Waals surface area contributed by atoms with Crippen LogP contribution in [0.25, 0.3) is 0 Å². The molecule has 0 unspecified atom stereocenters. The average molecular weight is 140 g/mol. The van der Waals surface area contributed by atoms with E-state index in [1.165, 1.54) is 24.3 Å². The molecule has 0 aromatic carbocycles. The molecule has 1 aliphatic heterocycles. The quantitative estimate of drug-likeness (QED) is 0.491. The van der Waals surface area contributed by atoms with Crippen LogP contribution in [0.1, 0.15) is 12.8 Å². The molecule has 0 saturated carbocycles. The van der Waals surface area contributed by atoms with E-state index in [-0.39, 0.29) is 17.4 Å². The molecule has 1 heterocycles. The molecule has 1 fully saturated rings. The number of hydrogen-bond donors (Lipinski definition) is 0. The summed E-state index contributed by atoms with van der Waals surface area (Å²) in [6, 6.07) is 0. The van der Waals surface area contributed by atoms with E-state index in [0.29, 0.717) is 0 Å². The van der Waals surface area contributed by atoms with Gasteiger partial charge in [-0.3, -0.25) is 0 Å². The minimum absolute atomic E-state index is 0. The third kappa shape index (κ3) is 2.13. The smallest absolute Gasteiger partial charge is 0.162 e. The van der Waals surface area contributed by atoms with Crippen LogP contribution in [0.15, 0.2) is 0 Å². The van der Waals surface area contributed by atoms with Gasteiger partial charge in [0.1, 0.15) is 0 Å². The van der Waals surface area contributed by atoms with E-state index in [1.54, 1.807) is 0 Å². The Bertz CT molecular complexity index is 19.1. The molecule has 0 aromatic heterocycles. The van der Waals surface area contributed by atoms with Gasteiger partial charge in [-0.15, -0.1) is 0 Å². The fraction of sp³-hybridized carbons (Fsp3) is 1.00. The molecule has 0 amide bonds. The Morgan fingerprint density at radius 3 is 1.67 bits per heavy atom. The summed E-state index contributed by atoms with van der Waals surface area (Å²) >= 11 is 2.07. The van der Waals surface area contributed by atoms with Gasteiger partial charge in [0.25, 0.3) is 0 Å². The second-order valence-electron chi connectivity index (χ2n) is 1.32. The van der Waals surface area contributed by atoms with Crippen LogP contribution >= 0.6 is 11.8 Å². The van der Waals surface area contributed by atoms with Gasteiger partial charge in [0.2, 0.25) is 0 Å². The van der Waals surface area contributed by atoms with Crippen LogP contribution in [-0.2, 0) is 17.4 Å². The van der Waals surface area contributed by atoms with Crippen molar-refractivity contribution >= 4 is 11.8 Å². The van der Waals surface area contributed by atoms with Crippen LogP contribution in [0.4, 0.5) is 0 Å². The molecule has 2 heteroatoms. The normalized spacial score (nSPS) is 20.0. The van der Waals surface area contributed by atoms with E-state index in [4.69, 9.17) is 0 Å². The summed E-state index contributed by atoms with van der Waals surface area (Å²) in [5.74, 6) is 2.83. The Kier molecular flexibility index (Phi) is 4.65. The molecule has 0 atom stereocenters. The van der Waals surface area contributed by atoms with Crippen LogP contribution in [-0.4, -0.2) is 11.5 Å². The fourth-order valence-electron chi connectivity index (χ4n) is 0.510. The van der Waals surface area contributed by atoms with Crippen molar-refractivity contribution in [3.8, 4) is 0 Å². The first-order chi connectivity index (χ1) is 2.50. The number of rotatable bonds is 0. The summed E-state index contributed by atoms with van der Waals surface area (Å²) in [5, 5.41) is 0. The maximum atomic E-state index is 2.07. The predicted molar refractivity (Wildman–Crippen MR) is 26.6 cm³/mol. The van der Waals surface area contributed by atoms with Crippen molar-refractivity contribution in [2.45, 2.75) is 12.8 Å². The van der Waals surface area contributed by atoms with Gasteiger partial charge in [-0.05, 0) is 24.3 Å². The van der Waals surface area contributed by atoms with Gasteiger partial charge in [-0.1, -0.05) is 0 Å². The zero-order valence-electron chi connectivity index (χ0n) is 3.64. The molecule has 33 valence electrons. The first kappa shape index (κ1) is 6.88. The van der Waals surface area contributed by atoms with Crippen molar-refractivity contribution in [2.24, 2.45) is 0 Å². The van der Waals surface area contributed by atoms with E-state index in [1.807, 2.05) is 0 Å². The van der Waals surface area contributed by atoms with Crippen LogP contribution in [0.2, 0.25) is 0 Å². The van der Waals surface area contributed by atoms with Crippen LogP contribution in [0.5, 0.6) is 0 Å². The summed E-state index contributed by atoms with van der Waals surface area (Å²) in [7, 11) is 0. The van der Waals surface area contributed by atoms with Crippen molar-refractivity contribution in [3.05, 3.63) is 0 Å². The zero-order chi connectivity index (χ0) is 3.54. The van der Waals surface area contributed by atoms with Gasteiger partial charge in [0, 0.05) is 0 Å². The third-order valence-corrected chi connectivity index (χ3v) is 1.98. The standard InChI is InChI=1S/C4H8S.Cr/c1-2-4-5-3-1;/h1-4H2;/q;+3. The minimum atomic E-state index is 0. The molecule has 0 N–H and O–H groups in total. The fourth-order valence-corrected chi connectivity index (χ4v) is 1.53. The van der Waals surface area contributed by atoms with Crippen LogP contribution in [0, 0.1) is 0 Å². The van der Waals surface area contributed by atoms with Gasteiger partial charge in [0.05, 0.1) is 0 Å². The monoisotopic (exact) mass is 140 g/mol. The van der Waals surface area contributed by atoms with E-state index < -0.39 is 0 Å². The molecule has 0 bridgehead atoms. The number of thioether (sulfide) groups is 1. The Morgan fingerprint density at radius 2 is 1.50 bits per heavy atom. The maximum absolute atomic E-state index is 2.07. The van der Waals surface area contributed by atoms with Gasteiger partial charge in [-0.2, -0.15) is 11.8 Å². The topological polar surface area (TPSA) is 0 Å². The average Bonchev–Trinajstić information content (AvgIpc) is 1.76. The van der Waals surface area contributed by atoms with E-state index >= 15 is 0 Å². The van der Waals surface area contributed by atoms with Gasteiger partial charge in [0.15, 0.2) is 0 Å². The van der Waals surface area contributed by atoms with Crippen molar-refractivity contribution in [2.75, 3.05) is 11.5 Å². The van der Waals surface area contributed by atoms with E-state index in [0.717, 1.165) is 0 Å². The molecule has 1 rings (SSSR count). The molecular weight excluding hydrogens is 132 g/mol. The van der Waals surface area contributed by atoms with Gasteiger partial charge < -0.3 is 0 Å². The molecule has 0 aromatic rings. The second kappa shape index (κ2) is 4.05. The summed E-state index contributed by atoms with van der Waals surface area (Å²) in [6.45, 7) is 0. The van der Waals surface area contributed by atoms with Gasteiger partial charge >= 0.3 is 17.4 Å². The minimum Gasteiger partial charge on any atom is -0.162 e. The van der Waals surface area contributed by atoms with Crippen molar-refractivity contribution in [1.82, 2.24) is 0 Å². The first-order valence-corrected chi connectivity index (χ1v) is 3.23. The predicted octanol–water partition coefficient (Wildman–Crippen LogP) is 1.51. The SMILES string of the molecule is C1CCSC1.[Cr+3]. The van der Waals surface area contributed by atoms with Crippen LogP contribution in [0.3, 0.4) is 0 Å². The first-order valence-electron chi connectivity index (χ1n) is 2.08. The molecule has 1 saturated heterocycles. The molecule has 0 aliphatic carbocycles. The zero-order valence-corrected chi connectivity index (χ0v) is 5.74. The number of hydrogen-bond acceptors (Lipinski definition) is 1. The Labute approximate surface area is 53.8 Å². The summed E-state index contributed by atoms with van der Waals surface area (Å²) in [4.78, 5) is 0.